The van der Waals surface area contributed by atoms with E-state index in [2.05, 4.69) is 4.72 Å². The molecular weight excluding hydrogens is 310 g/mol. The van der Waals surface area contributed by atoms with Gasteiger partial charge in [0.15, 0.2) is 0 Å². The minimum atomic E-state index is -3.71. The van der Waals surface area contributed by atoms with Crippen LogP contribution in [0.25, 0.3) is 0 Å². The van der Waals surface area contributed by atoms with Crippen molar-refractivity contribution in [3.05, 3.63) is 64.7 Å². The van der Waals surface area contributed by atoms with Crippen LogP contribution in [0.1, 0.15) is 17.2 Å². The van der Waals surface area contributed by atoms with Gasteiger partial charge in [-0.05, 0) is 30.2 Å². The molecule has 2 N–H and O–H groups in total. The molecule has 0 bridgehead atoms. The van der Waals surface area contributed by atoms with Crippen LogP contribution in [0.3, 0.4) is 0 Å². The number of nitrogens with one attached hydrogen (secondary N) is 1. The van der Waals surface area contributed by atoms with E-state index in [9.17, 15) is 13.5 Å². The second kappa shape index (κ2) is 6.58. The summed E-state index contributed by atoms with van der Waals surface area (Å²) in [6, 6.07) is 13.6. The van der Waals surface area contributed by atoms with E-state index in [1.54, 1.807) is 43.3 Å². The first-order valence-corrected chi connectivity index (χ1v) is 8.25. The molecule has 0 spiro atoms. The first-order chi connectivity index (χ1) is 9.90. The Morgan fingerprint density at radius 2 is 1.86 bits per heavy atom. The van der Waals surface area contributed by atoms with E-state index in [4.69, 9.17) is 11.6 Å². The maximum Gasteiger partial charge on any atom is 0.240 e. The van der Waals surface area contributed by atoms with E-state index < -0.39 is 16.1 Å². The fraction of sp³-hybridized carbons (Fsp3) is 0.200. The molecule has 0 aliphatic rings. The molecule has 0 radical (unpaired) electrons. The van der Waals surface area contributed by atoms with Gasteiger partial charge in [0, 0.05) is 11.6 Å². The van der Waals surface area contributed by atoms with Crippen LogP contribution >= 0.6 is 11.6 Å². The normalized spacial score (nSPS) is 13.1. The van der Waals surface area contributed by atoms with E-state index in [0.29, 0.717) is 16.1 Å². The van der Waals surface area contributed by atoms with E-state index in [1.807, 2.05) is 6.07 Å². The third-order valence-electron chi connectivity index (χ3n) is 3.09. The summed E-state index contributed by atoms with van der Waals surface area (Å²) >= 11 is 5.84. The number of aryl methyl sites for hydroxylation is 1. The summed E-state index contributed by atoms with van der Waals surface area (Å²) in [6.45, 7) is 1.59. The smallest absolute Gasteiger partial charge is 0.240 e. The molecule has 1 unspecified atom stereocenters. The number of aliphatic hydroxyl groups excluding tert-OH is 1. The molecule has 4 nitrogen and oxygen atoms in total. The molecule has 1 atom stereocenters. The highest BCUT2D eigenvalue weighted by Gasteiger charge is 2.19. The zero-order valence-corrected chi connectivity index (χ0v) is 13.0. The SMILES string of the molecule is Cc1ccc(Cl)cc1S(=O)(=O)NCC(O)c1ccccc1. The van der Waals surface area contributed by atoms with Gasteiger partial charge in [-0.3, -0.25) is 0 Å². The monoisotopic (exact) mass is 325 g/mol. The first kappa shape index (κ1) is 16.0. The van der Waals surface area contributed by atoms with Gasteiger partial charge in [-0.15, -0.1) is 0 Å². The van der Waals surface area contributed by atoms with Crippen LogP contribution in [0.15, 0.2) is 53.4 Å². The molecule has 0 fully saturated rings. The van der Waals surface area contributed by atoms with Crippen LogP contribution in [-0.2, 0) is 10.0 Å². The van der Waals surface area contributed by atoms with Gasteiger partial charge in [0.2, 0.25) is 10.0 Å². The number of rotatable bonds is 5. The Morgan fingerprint density at radius 3 is 2.52 bits per heavy atom. The molecule has 0 aromatic heterocycles. The molecule has 6 heteroatoms. The van der Waals surface area contributed by atoms with Crippen molar-refractivity contribution in [1.82, 2.24) is 4.72 Å². The lowest BCUT2D eigenvalue weighted by atomic mass is 10.1. The Morgan fingerprint density at radius 1 is 1.19 bits per heavy atom. The molecule has 0 saturated carbocycles. The predicted molar refractivity (Wildman–Crippen MR) is 82.8 cm³/mol. The Hall–Kier alpha value is -1.40. The summed E-state index contributed by atoms with van der Waals surface area (Å²) in [5.41, 5.74) is 1.25. The van der Waals surface area contributed by atoms with Crippen LogP contribution in [0, 0.1) is 6.92 Å². The Kier molecular flexibility index (Phi) is 5.00. The zero-order valence-electron chi connectivity index (χ0n) is 11.5. The van der Waals surface area contributed by atoms with Crippen LogP contribution in [0.5, 0.6) is 0 Å². The molecule has 0 amide bonds. The van der Waals surface area contributed by atoms with Crippen molar-refractivity contribution in [2.45, 2.75) is 17.9 Å². The van der Waals surface area contributed by atoms with Gasteiger partial charge >= 0.3 is 0 Å². The van der Waals surface area contributed by atoms with Crippen molar-refractivity contribution < 1.29 is 13.5 Å². The highest BCUT2D eigenvalue weighted by atomic mass is 35.5. The average Bonchev–Trinajstić information content (AvgIpc) is 2.48. The van der Waals surface area contributed by atoms with Gasteiger partial charge in [0.25, 0.3) is 0 Å². The van der Waals surface area contributed by atoms with Crippen LogP contribution in [0.4, 0.5) is 0 Å². The van der Waals surface area contributed by atoms with Crippen molar-refractivity contribution in [2.75, 3.05) is 6.54 Å². The van der Waals surface area contributed by atoms with Crippen LogP contribution in [0.2, 0.25) is 5.02 Å². The van der Waals surface area contributed by atoms with Gasteiger partial charge in [-0.1, -0.05) is 48.0 Å². The highest BCUT2D eigenvalue weighted by Crippen LogP contribution is 2.20. The highest BCUT2D eigenvalue weighted by molar-refractivity contribution is 7.89. The molecule has 0 heterocycles. The molecule has 112 valence electrons. The van der Waals surface area contributed by atoms with Crippen molar-refractivity contribution in [3.8, 4) is 0 Å². The second-order valence-electron chi connectivity index (χ2n) is 4.69. The minimum absolute atomic E-state index is 0.0989. The van der Waals surface area contributed by atoms with Crippen molar-refractivity contribution in [3.63, 3.8) is 0 Å². The van der Waals surface area contributed by atoms with Crippen LogP contribution < -0.4 is 4.72 Å². The molecule has 2 aromatic carbocycles. The Bertz CT molecular complexity index is 717. The van der Waals surface area contributed by atoms with Gasteiger partial charge in [0.1, 0.15) is 0 Å². The maximum absolute atomic E-state index is 12.3. The van der Waals surface area contributed by atoms with E-state index in [0.717, 1.165) is 0 Å². The summed E-state index contributed by atoms with van der Waals surface area (Å²) in [5.74, 6) is 0. The summed E-state index contributed by atoms with van der Waals surface area (Å²) in [4.78, 5) is 0.121. The second-order valence-corrected chi connectivity index (χ2v) is 6.86. The number of hydrogen-bond donors (Lipinski definition) is 2. The number of aliphatic hydroxyl groups is 1. The average molecular weight is 326 g/mol. The standard InChI is InChI=1S/C15H16ClNO3S/c1-11-7-8-13(16)9-15(11)21(19,20)17-10-14(18)12-5-3-2-4-6-12/h2-9,14,17-18H,10H2,1H3. The van der Waals surface area contributed by atoms with Gasteiger partial charge < -0.3 is 5.11 Å². The molecule has 2 rings (SSSR count). The molecule has 0 aliphatic heterocycles. The van der Waals surface area contributed by atoms with E-state index in [1.165, 1.54) is 6.07 Å². The molecule has 21 heavy (non-hydrogen) atoms. The molecule has 2 aromatic rings. The van der Waals surface area contributed by atoms with Gasteiger partial charge in [-0.25, -0.2) is 13.1 Å². The lowest BCUT2D eigenvalue weighted by molar-refractivity contribution is 0.182. The lowest BCUT2D eigenvalue weighted by Crippen LogP contribution is -2.29. The van der Waals surface area contributed by atoms with Gasteiger partial charge in [-0.2, -0.15) is 0 Å². The topological polar surface area (TPSA) is 66.4 Å². The Balaban J connectivity index is 2.13. The third-order valence-corrected chi connectivity index (χ3v) is 4.89. The quantitative estimate of drug-likeness (QED) is 0.888. The first-order valence-electron chi connectivity index (χ1n) is 6.39. The number of sulfonamides is 1. The largest absolute Gasteiger partial charge is 0.387 e. The van der Waals surface area contributed by atoms with Crippen molar-refractivity contribution in [1.29, 1.82) is 0 Å². The van der Waals surface area contributed by atoms with E-state index in [-0.39, 0.29) is 11.4 Å². The number of hydrogen-bond acceptors (Lipinski definition) is 3. The summed E-state index contributed by atoms with van der Waals surface area (Å²) in [5, 5.41) is 10.4. The van der Waals surface area contributed by atoms with Crippen molar-refractivity contribution in [2.24, 2.45) is 0 Å². The fourth-order valence-electron chi connectivity index (χ4n) is 1.92. The number of benzene rings is 2. The molecule has 0 saturated heterocycles. The number of halogens is 1. The van der Waals surface area contributed by atoms with E-state index >= 15 is 0 Å². The van der Waals surface area contributed by atoms with Crippen LogP contribution in [-0.4, -0.2) is 20.1 Å². The lowest BCUT2D eigenvalue weighted by Gasteiger charge is -2.14. The summed E-state index contributed by atoms with van der Waals surface area (Å²) < 4.78 is 26.9. The zero-order chi connectivity index (χ0) is 15.5. The summed E-state index contributed by atoms with van der Waals surface area (Å²) in [6.07, 6.45) is -0.902. The minimum Gasteiger partial charge on any atom is -0.387 e. The third kappa shape index (κ3) is 4.04. The molecule has 0 aliphatic carbocycles. The molecular formula is C15H16ClNO3S. The summed E-state index contributed by atoms with van der Waals surface area (Å²) in [7, 11) is -3.71. The fourth-order valence-corrected chi connectivity index (χ4v) is 3.47. The Labute approximate surface area is 129 Å². The van der Waals surface area contributed by atoms with Gasteiger partial charge in [0.05, 0.1) is 11.0 Å². The van der Waals surface area contributed by atoms with Crippen molar-refractivity contribution >= 4 is 21.6 Å². The maximum atomic E-state index is 12.3. The predicted octanol–water partition coefficient (Wildman–Crippen LogP) is 2.66.